The van der Waals surface area contributed by atoms with Crippen LogP contribution in [0.15, 0.2) is 16.3 Å². The van der Waals surface area contributed by atoms with Crippen molar-refractivity contribution in [3.8, 4) is 0 Å². The van der Waals surface area contributed by atoms with Crippen molar-refractivity contribution in [3.05, 3.63) is 16.3 Å². The van der Waals surface area contributed by atoms with Crippen molar-refractivity contribution < 1.29 is 22.7 Å². The van der Waals surface area contributed by atoms with E-state index < -0.39 is 22.1 Å². The topological polar surface area (TPSA) is 80.8 Å². The van der Waals surface area contributed by atoms with Crippen LogP contribution in [0.25, 0.3) is 0 Å². The van der Waals surface area contributed by atoms with E-state index in [9.17, 15) is 18.0 Å². The SMILES string of the molecule is C[C@@H](OC(=O)c1sccc1S(=O)(=O)N1CCCCC1)C(=O)C12CC3CC(CC(C3)C1)C2. The minimum atomic E-state index is -3.73. The monoisotopic (exact) mass is 465 g/mol. The van der Waals surface area contributed by atoms with Gasteiger partial charge in [-0.3, -0.25) is 4.79 Å². The van der Waals surface area contributed by atoms with E-state index in [4.69, 9.17) is 4.74 Å². The lowest BCUT2D eigenvalue weighted by molar-refractivity contribution is -0.152. The summed E-state index contributed by atoms with van der Waals surface area (Å²) < 4.78 is 33.2. The summed E-state index contributed by atoms with van der Waals surface area (Å²) in [5, 5.41) is 1.61. The van der Waals surface area contributed by atoms with Gasteiger partial charge < -0.3 is 4.74 Å². The Bertz CT molecular complexity index is 941. The summed E-state index contributed by atoms with van der Waals surface area (Å²) in [6, 6.07) is 1.48. The van der Waals surface area contributed by atoms with E-state index in [1.54, 1.807) is 12.3 Å². The van der Waals surface area contributed by atoms with Crippen LogP contribution in [0.1, 0.15) is 74.4 Å². The normalized spacial score (nSPS) is 33.9. The van der Waals surface area contributed by atoms with Crippen LogP contribution in [0, 0.1) is 23.2 Å². The third-order valence-electron chi connectivity index (χ3n) is 7.96. The molecule has 31 heavy (non-hydrogen) atoms. The molecule has 6 rings (SSSR count). The average molecular weight is 466 g/mol. The molecule has 1 atom stereocenters. The molecule has 0 aromatic carbocycles. The lowest BCUT2D eigenvalue weighted by atomic mass is 9.48. The first kappa shape index (κ1) is 21.6. The fourth-order valence-corrected chi connectivity index (χ4v) is 9.79. The minimum Gasteiger partial charge on any atom is -0.450 e. The predicted molar refractivity (Wildman–Crippen MR) is 117 cm³/mol. The van der Waals surface area contributed by atoms with Crippen molar-refractivity contribution in [2.24, 2.45) is 23.2 Å². The highest BCUT2D eigenvalue weighted by atomic mass is 32.2. The van der Waals surface area contributed by atoms with Gasteiger partial charge in [0.1, 0.15) is 9.77 Å². The van der Waals surface area contributed by atoms with Gasteiger partial charge in [-0.25, -0.2) is 13.2 Å². The third kappa shape index (κ3) is 3.78. The Kier molecular flexibility index (Phi) is 5.54. The molecule has 1 aromatic rings. The standard InChI is InChI=1S/C23H31NO5S2/c1-15(21(25)23-12-16-9-17(13-23)11-18(10-16)14-23)29-22(26)20-19(5-8-30-20)31(27,28)24-6-3-2-4-7-24/h5,8,15-18H,2-4,6-7,9-14H2,1H3/t15-,16?,17?,18?,23?/m1/s1. The van der Waals surface area contributed by atoms with Crippen molar-refractivity contribution in [2.45, 2.75) is 75.7 Å². The summed E-state index contributed by atoms with van der Waals surface area (Å²) in [4.78, 5) is 26.5. The number of nitrogens with zero attached hydrogens (tertiary/aromatic N) is 1. The van der Waals surface area contributed by atoms with Crippen molar-refractivity contribution in [1.29, 1.82) is 0 Å². The lowest BCUT2D eigenvalue weighted by Gasteiger charge is -2.56. The molecule has 6 nitrogen and oxygen atoms in total. The molecule has 0 N–H and O–H groups in total. The van der Waals surface area contributed by atoms with Crippen LogP contribution in [0.5, 0.6) is 0 Å². The van der Waals surface area contributed by atoms with Crippen molar-refractivity contribution in [1.82, 2.24) is 4.31 Å². The molecule has 2 heterocycles. The first-order valence-electron chi connectivity index (χ1n) is 11.6. The zero-order chi connectivity index (χ0) is 21.8. The highest BCUT2D eigenvalue weighted by Gasteiger charge is 2.55. The number of hydrogen-bond donors (Lipinski definition) is 0. The maximum Gasteiger partial charge on any atom is 0.350 e. The first-order chi connectivity index (χ1) is 14.8. The number of ether oxygens (including phenoxy) is 1. The maximum atomic E-state index is 13.4. The van der Waals surface area contributed by atoms with Crippen LogP contribution in [-0.4, -0.2) is 43.7 Å². The van der Waals surface area contributed by atoms with Gasteiger partial charge in [0.25, 0.3) is 0 Å². The summed E-state index contributed by atoms with van der Waals surface area (Å²) in [5.74, 6) is 1.25. The molecule has 0 amide bonds. The fourth-order valence-electron chi connectivity index (χ4n) is 7.00. The van der Waals surface area contributed by atoms with Gasteiger partial charge in [-0.15, -0.1) is 11.3 Å². The third-order valence-corrected chi connectivity index (χ3v) is 10.9. The Morgan fingerprint density at radius 3 is 2.23 bits per heavy atom. The summed E-state index contributed by atoms with van der Waals surface area (Å²) in [6.07, 6.45) is 8.34. The van der Waals surface area contributed by atoms with E-state index in [1.165, 1.54) is 29.6 Å². The van der Waals surface area contributed by atoms with Gasteiger partial charge in [-0.2, -0.15) is 4.31 Å². The number of carbonyl (C=O) groups excluding carboxylic acids is 2. The van der Waals surface area contributed by atoms with Gasteiger partial charge in [0.05, 0.1) is 0 Å². The number of sulfonamides is 1. The zero-order valence-corrected chi connectivity index (χ0v) is 19.7. The second kappa shape index (κ2) is 7.96. The first-order valence-corrected chi connectivity index (χ1v) is 13.9. The molecule has 170 valence electrons. The zero-order valence-electron chi connectivity index (χ0n) is 18.0. The second-order valence-electron chi connectivity index (χ2n) is 10.2. The number of rotatable bonds is 6. The van der Waals surface area contributed by atoms with E-state index in [-0.39, 0.29) is 21.0 Å². The fraction of sp³-hybridized carbons (Fsp3) is 0.739. The van der Waals surface area contributed by atoms with Gasteiger partial charge in [0.15, 0.2) is 11.9 Å². The smallest absolute Gasteiger partial charge is 0.350 e. The van der Waals surface area contributed by atoms with E-state index in [0.29, 0.717) is 30.8 Å². The lowest BCUT2D eigenvalue weighted by Crippen LogP contribution is -2.52. The van der Waals surface area contributed by atoms with Crippen LogP contribution in [0.2, 0.25) is 0 Å². The predicted octanol–water partition coefficient (Wildman–Crippen LogP) is 4.25. The number of hydrogen-bond acceptors (Lipinski definition) is 6. The maximum absolute atomic E-state index is 13.4. The van der Waals surface area contributed by atoms with Gasteiger partial charge >= 0.3 is 5.97 Å². The quantitative estimate of drug-likeness (QED) is 0.587. The Morgan fingerprint density at radius 1 is 1.06 bits per heavy atom. The van der Waals surface area contributed by atoms with E-state index in [1.807, 2.05) is 0 Å². The largest absolute Gasteiger partial charge is 0.450 e. The highest BCUT2D eigenvalue weighted by Crippen LogP contribution is 2.60. The van der Waals surface area contributed by atoms with E-state index in [0.717, 1.165) is 49.9 Å². The molecule has 1 aliphatic heterocycles. The molecule has 1 aromatic heterocycles. The Morgan fingerprint density at radius 2 is 1.65 bits per heavy atom. The summed E-state index contributed by atoms with van der Waals surface area (Å²) in [5.41, 5.74) is -0.341. The number of ketones is 1. The molecule has 4 saturated carbocycles. The second-order valence-corrected chi connectivity index (χ2v) is 13.0. The number of Topliss-reactive ketones (excluding diaryl/α,β-unsaturated/α-hetero) is 1. The molecular weight excluding hydrogens is 434 g/mol. The molecule has 0 spiro atoms. The molecule has 4 bridgehead atoms. The van der Waals surface area contributed by atoms with Crippen molar-refractivity contribution in [3.63, 3.8) is 0 Å². The highest BCUT2D eigenvalue weighted by molar-refractivity contribution is 7.89. The minimum absolute atomic E-state index is 0.0128. The average Bonchev–Trinajstić information content (AvgIpc) is 3.24. The molecule has 1 saturated heterocycles. The number of piperidine rings is 1. The van der Waals surface area contributed by atoms with Crippen LogP contribution in [0.4, 0.5) is 0 Å². The molecule has 4 aliphatic carbocycles. The van der Waals surface area contributed by atoms with E-state index in [2.05, 4.69) is 0 Å². The summed E-state index contributed by atoms with van der Waals surface area (Å²) in [6.45, 7) is 2.62. The molecule has 0 radical (unpaired) electrons. The van der Waals surface area contributed by atoms with Gasteiger partial charge in [-0.1, -0.05) is 6.42 Å². The van der Waals surface area contributed by atoms with Gasteiger partial charge in [-0.05, 0) is 87.5 Å². The Labute approximate surface area is 188 Å². The van der Waals surface area contributed by atoms with Gasteiger partial charge in [0.2, 0.25) is 10.0 Å². The molecule has 5 aliphatic rings. The summed E-state index contributed by atoms with van der Waals surface area (Å²) in [7, 11) is -3.73. The van der Waals surface area contributed by atoms with Crippen LogP contribution < -0.4 is 0 Å². The van der Waals surface area contributed by atoms with Crippen LogP contribution in [-0.2, 0) is 19.6 Å². The number of esters is 1. The van der Waals surface area contributed by atoms with Gasteiger partial charge in [0, 0.05) is 18.5 Å². The van der Waals surface area contributed by atoms with E-state index >= 15 is 0 Å². The van der Waals surface area contributed by atoms with Crippen LogP contribution >= 0.6 is 11.3 Å². The Balaban J connectivity index is 1.31. The molecular formula is C23H31NO5S2. The molecule has 5 fully saturated rings. The van der Waals surface area contributed by atoms with Crippen LogP contribution in [0.3, 0.4) is 0 Å². The van der Waals surface area contributed by atoms with Crippen molar-refractivity contribution >= 4 is 33.1 Å². The number of carbonyl (C=O) groups is 2. The number of thiophene rings is 1. The Hall–Kier alpha value is -1.25. The summed E-state index contributed by atoms with van der Waals surface area (Å²) >= 11 is 1.07. The molecule has 0 unspecified atom stereocenters. The van der Waals surface area contributed by atoms with Crippen molar-refractivity contribution in [2.75, 3.05) is 13.1 Å². The molecule has 8 heteroatoms.